The van der Waals surface area contributed by atoms with Gasteiger partial charge in [-0.2, -0.15) is 10.2 Å². The van der Waals surface area contributed by atoms with Crippen LogP contribution in [0.1, 0.15) is 0 Å². The molecule has 0 aliphatic carbocycles. The summed E-state index contributed by atoms with van der Waals surface area (Å²) >= 11 is 0. The summed E-state index contributed by atoms with van der Waals surface area (Å²) in [5, 5.41) is 14.9. The normalized spacial score (nSPS) is 10.7. The first-order valence-electron chi connectivity index (χ1n) is 7.12. The number of aromatic nitrogens is 4. The van der Waals surface area contributed by atoms with E-state index < -0.39 is 0 Å². The van der Waals surface area contributed by atoms with Crippen molar-refractivity contribution < 1.29 is 0 Å². The van der Waals surface area contributed by atoms with Crippen LogP contribution < -0.4 is 0 Å². The predicted octanol–water partition coefficient (Wildman–Crippen LogP) is 4.13. The zero-order valence-corrected chi connectivity index (χ0v) is 11.8. The van der Waals surface area contributed by atoms with Crippen LogP contribution in [0.4, 0.5) is 0 Å². The number of benzene rings is 2. The smallest absolute Gasteiger partial charge is 0.0927 e. The van der Waals surface area contributed by atoms with Gasteiger partial charge < -0.3 is 0 Å². The third-order valence-electron chi connectivity index (χ3n) is 3.59. The first kappa shape index (κ1) is 12.6. The topological polar surface area (TPSA) is 57.4 Å². The van der Waals surface area contributed by atoms with Crippen LogP contribution in [0.2, 0.25) is 0 Å². The van der Waals surface area contributed by atoms with Gasteiger partial charge in [0, 0.05) is 11.1 Å². The highest BCUT2D eigenvalue weighted by molar-refractivity contribution is 5.70. The number of nitrogens with one attached hydrogen (secondary N) is 2. The average Bonchev–Trinajstić information content (AvgIpc) is 3.26. The van der Waals surface area contributed by atoms with Crippen molar-refractivity contribution in [2.75, 3.05) is 0 Å². The lowest BCUT2D eigenvalue weighted by molar-refractivity contribution is 1.06. The van der Waals surface area contributed by atoms with Crippen molar-refractivity contribution in [3.05, 3.63) is 72.8 Å². The molecule has 0 unspecified atom stereocenters. The third kappa shape index (κ3) is 2.31. The van der Waals surface area contributed by atoms with Gasteiger partial charge in [0.05, 0.1) is 22.8 Å². The molecule has 2 heterocycles. The highest BCUT2D eigenvalue weighted by Crippen LogP contribution is 2.25. The Morgan fingerprint density at radius 1 is 0.545 bits per heavy atom. The third-order valence-corrected chi connectivity index (χ3v) is 3.59. The van der Waals surface area contributed by atoms with Crippen LogP contribution in [0.5, 0.6) is 0 Å². The molecule has 0 atom stereocenters. The standard InChI is InChI=1S/C18H14N4/c1-3-7-13(8-4-1)15-11-17(21-19-15)18-12-16(20-22-18)14-9-5-2-6-10-14/h1-12H,(H,19,21)(H,20,22). The van der Waals surface area contributed by atoms with E-state index in [1.165, 1.54) is 0 Å². The molecular weight excluding hydrogens is 272 g/mol. The van der Waals surface area contributed by atoms with E-state index in [4.69, 9.17) is 0 Å². The quantitative estimate of drug-likeness (QED) is 0.595. The number of nitrogens with zero attached hydrogens (tertiary/aromatic N) is 2. The summed E-state index contributed by atoms with van der Waals surface area (Å²) in [6, 6.07) is 24.3. The average molecular weight is 286 g/mol. The molecule has 22 heavy (non-hydrogen) atoms. The van der Waals surface area contributed by atoms with Crippen molar-refractivity contribution in [3.63, 3.8) is 0 Å². The fourth-order valence-corrected chi connectivity index (χ4v) is 2.43. The summed E-state index contributed by atoms with van der Waals surface area (Å²) in [5.74, 6) is 0. The molecule has 0 aliphatic rings. The number of hydrogen-bond acceptors (Lipinski definition) is 2. The molecule has 0 amide bonds. The maximum absolute atomic E-state index is 4.37. The number of aromatic amines is 2. The first-order chi connectivity index (χ1) is 10.9. The summed E-state index contributed by atoms with van der Waals surface area (Å²) in [5.41, 5.74) is 5.88. The van der Waals surface area contributed by atoms with Gasteiger partial charge in [0.15, 0.2) is 0 Å². The minimum absolute atomic E-state index is 0.923. The van der Waals surface area contributed by atoms with Crippen molar-refractivity contribution >= 4 is 0 Å². The van der Waals surface area contributed by atoms with Crippen LogP contribution in [0.3, 0.4) is 0 Å². The molecule has 0 bridgehead atoms. The highest BCUT2D eigenvalue weighted by atomic mass is 15.2. The van der Waals surface area contributed by atoms with Gasteiger partial charge in [-0.25, -0.2) is 0 Å². The van der Waals surface area contributed by atoms with Gasteiger partial charge in [0.25, 0.3) is 0 Å². The molecular formula is C18H14N4. The van der Waals surface area contributed by atoms with Crippen molar-refractivity contribution in [1.82, 2.24) is 20.4 Å². The van der Waals surface area contributed by atoms with E-state index in [0.29, 0.717) is 0 Å². The maximum atomic E-state index is 4.37. The monoisotopic (exact) mass is 286 g/mol. The number of rotatable bonds is 3. The molecule has 2 aromatic heterocycles. The number of hydrogen-bond donors (Lipinski definition) is 2. The Kier molecular flexibility index (Phi) is 3.05. The second-order valence-corrected chi connectivity index (χ2v) is 5.07. The van der Waals surface area contributed by atoms with Gasteiger partial charge in [-0.05, 0) is 12.1 Å². The zero-order chi connectivity index (χ0) is 14.8. The van der Waals surface area contributed by atoms with Crippen molar-refractivity contribution in [1.29, 1.82) is 0 Å². The van der Waals surface area contributed by atoms with Crippen LogP contribution >= 0.6 is 0 Å². The minimum atomic E-state index is 0.923. The molecule has 4 rings (SSSR count). The summed E-state index contributed by atoms with van der Waals surface area (Å²) in [6.07, 6.45) is 0. The molecule has 0 fully saturated rings. The van der Waals surface area contributed by atoms with E-state index in [9.17, 15) is 0 Å². The van der Waals surface area contributed by atoms with E-state index >= 15 is 0 Å². The van der Waals surface area contributed by atoms with Gasteiger partial charge in [0.1, 0.15) is 0 Å². The summed E-state index contributed by atoms with van der Waals surface area (Å²) in [4.78, 5) is 0. The lowest BCUT2D eigenvalue weighted by Crippen LogP contribution is -1.77. The van der Waals surface area contributed by atoms with Gasteiger partial charge in [0.2, 0.25) is 0 Å². The Bertz CT molecular complexity index is 800. The summed E-state index contributed by atoms with van der Waals surface area (Å²) in [7, 11) is 0. The Morgan fingerprint density at radius 3 is 1.36 bits per heavy atom. The first-order valence-corrected chi connectivity index (χ1v) is 7.12. The Hall–Kier alpha value is -3.14. The second kappa shape index (κ2) is 5.33. The molecule has 4 nitrogen and oxygen atoms in total. The molecule has 4 aromatic rings. The van der Waals surface area contributed by atoms with Crippen LogP contribution in [-0.4, -0.2) is 20.4 Å². The van der Waals surface area contributed by atoms with Gasteiger partial charge >= 0.3 is 0 Å². The molecule has 106 valence electrons. The zero-order valence-electron chi connectivity index (χ0n) is 11.8. The van der Waals surface area contributed by atoms with Crippen LogP contribution in [-0.2, 0) is 0 Å². The fourth-order valence-electron chi connectivity index (χ4n) is 2.43. The second-order valence-electron chi connectivity index (χ2n) is 5.07. The van der Waals surface area contributed by atoms with Gasteiger partial charge in [-0.3, -0.25) is 10.2 Å². The SMILES string of the molecule is c1ccc(-c2cc(-c3cc(-c4ccccc4)n[nH]3)[nH]n2)cc1. The van der Waals surface area contributed by atoms with E-state index in [1.54, 1.807) is 0 Å². The molecule has 2 N–H and O–H groups in total. The van der Waals surface area contributed by atoms with Gasteiger partial charge in [-0.15, -0.1) is 0 Å². The maximum Gasteiger partial charge on any atom is 0.0927 e. The summed E-state index contributed by atoms with van der Waals surface area (Å²) in [6.45, 7) is 0. The molecule has 0 radical (unpaired) electrons. The largest absolute Gasteiger partial charge is 0.276 e. The van der Waals surface area contributed by atoms with Crippen LogP contribution in [0, 0.1) is 0 Å². The van der Waals surface area contributed by atoms with E-state index in [1.807, 2.05) is 72.8 Å². The fraction of sp³-hybridized carbons (Fsp3) is 0. The molecule has 4 heteroatoms. The molecule has 2 aromatic carbocycles. The number of H-pyrrole nitrogens is 2. The lowest BCUT2D eigenvalue weighted by Gasteiger charge is -1.93. The van der Waals surface area contributed by atoms with Crippen molar-refractivity contribution in [2.45, 2.75) is 0 Å². The molecule has 0 aliphatic heterocycles. The Balaban J connectivity index is 1.66. The highest BCUT2D eigenvalue weighted by Gasteiger charge is 2.09. The van der Waals surface area contributed by atoms with Crippen molar-refractivity contribution in [3.8, 4) is 33.9 Å². The molecule has 0 saturated heterocycles. The van der Waals surface area contributed by atoms with E-state index in [0.717, 1.165) is 33.9 Å². The van der Waals surface area contributed by atoms with Crippen LogP contribution in [0.25, 0.3) is 33.9 Å². The minimum Gasteiger partial charge on any atom is -0.276 e. The molecule has 0 saturated carbocycles. The Labute approximate surface area is 127 Å². The lowest BCUT2D eigenvalue weighted by atomic mass is 10.1. The summed E-state index contributed by atoms with van der Waals surface area (Å²) < 4.78 is 0. The van der Waals surface area contributed by atoms with E-state index in [-0.39, 0.29) is 0 Å². The van der Waals surface area contributed by atoms with E-state index in [2.05, 4.69) is 20.4 Å². The predicted molar refractivity (Wildman–Crippen MR) is 87.0 cm³/mol. The Morgan fingerprint density at radius 2 is 0.955 bits per heavy atom. The van der Waals surface area contributed by atoms with Crippen molar-refractivity contribution in [2.24, 2.45) is 0 Å². The van der Waals surface area contributed by atoms with Crippen LogP contribution in [0.15, 0.2) is 72.8 Å². The molecule has 0 spiro atoms. The van der Waals surface area contributed by atoms with Gasteiger partial charge in [-0.1, -0.05) is 60.7 Å².